The molecule has 0 amide bonds. The highest BCUT2D eigenvalue weighted by molar-refractivity contribution is 8.76. The number of aromatic nitrogens is 1. The van der Waals surface area contributed by atoms with Gasteiger partial charge in [0.15, 0.2) is 5.58 Å². The summed E-state index contributed by atoms with van der Waals surface area (Å²) >= 11 is 0. The maximum absolute atomic E-state index is 5.50. The van der Waals surface area contributed by atoms with Crippen LogP contribution in [-0.4, -0.2) is 10.7 Å². The number of nitrogens with zero attached hydrogens (tertiary/aromatic N) is 1. The van der Waals surface area contributed by atoms with Gasteiger partial charge in [-0.3, -0.25) is 0 Å². The second-order valence-corrected chi connectivity index (χ2v) is 4.97. The van der Waals surface area contributed by atoms with E-state index >= 15 is 0 Å². The van der Waals surface area contributed by atoms with Crippen molar-refractivity contribution >= 4 is 32.7 Å². The standard InChI is InChI=1S/C9H9NOS2/c1-2-12-13-9-10-7-5-3-4-6-8(7)11-9/h3-6H,2H2,1H3. The Labute approximate surface area is 84.5 Å². The van der Waals surface area contributed by atoms with Gasteiger partial charge in [0.2, 0.25) is 0 Å². The molecular formula is C9H9NOS2. The predicted octanol–water partition coefficient (Wildman–Crippen LogP) is 3.59. The van der Waals surface area contributed by atoms with Crippen LogP contribution < -0.4 is 0 Å². The minimum Gasteiger partial charge on any atom is -0.431 e. The third-order valence-electron chi connectivity index (χ3n) is 1.52. The summed E-state index contributed by atoms with van der Waals surface area (Å²) in [5, 5.41) is 0.744. The molecule has 68 valence electrons. The average molecular weight is 211 g/mol. The minimum absolute atomic E-state index is 0.744. The van der Waals surface area contributed by atoms with E-state index in [0.717, 1.165) is 22.1 Å². The molecule has 4 heteroatoms. The Morgan fingerprint density at radius 3 is 3.00 bits per heavy atom. The lowest BCUT2D eigenvalue weighted by atomic mass is 10.3. The summed E-state index contributed by atoms with van der Waals surface area (Å²) in [6, 6.07) is 7.81. The minimum atomic E-state index is 0.744. The highest BCUT2D eigenvalue weighted by atomic mass is 33.1. The van der Waals surface area contributed by atoms with Gasteiger partial charge in [-0.25, -0.2) is 4.98 Å². The van der Waals surface area contributed by atoms with Gasteiger partial charge < -0.3 is 4.42 Å². The maximum Gasteiger partial charge on any atom is 0.267 e. The summed E-state index contributed by atoms with van der Waals surface area (Å²) < 4.78 is 5.50. The van der Waals surface area contributed by atoms with Gasteiger partial charge in [0.1, 0.15) is 5.52 Å². The topological polar surface area (TPSA) is 26.0 Å². The zero-order chi connectivity index (χ0) is 9.10. The van der Waals surface area contributed by atoms with Crippen LogP contribution in [0.1, 0.15) is 6.92 Å². The number of oxazole rings is 1. The Bertz CT molecular complexity index is 366. The first-order valence-corrected chi connectivity index (χ1v) is 6.37. The fourth-order valence-electron chi connectivity index (χ4n) is 0.996. The fraction of sp³-hybridized carbons (Fsp3) is 0.222. The molecule has 0 aliphatic rings. The van der Waals surface area contributed by atoms with Crippen LogP contribution in [0.4, 0.5) is 0 Å². The van der Waals surface area contributed by atoms with E-state index in [2.05, 4.69) is 11.9 Å². The van der Waals surface area contributed by atoms with Crippen molar-refractivity contribution in [2.24, 2.45) is 0 Å². The van der Waals surface area contributed by atoms with Crippen LogP contribution >= 0.6 is 21.6 Å². The van der Waals surface area contributed by atoms with E-state index < -0.39 is 0 Å². The lowest BCUT2D eigenvalue weighted by molar-refractivity contribution is 0.491. The molecule has 0 bridgehead atoms. The molecule has 0 unspecified atom stereocenters. The summed E-state index contributed by atoms with van der Waals surface area (Å²) in [5.74, 6) is 1.06. The maximum atomic E-state index is 5.50. The molecule has 0 atom stereocenters. The Morgan fingerprint density at radius 2 is 2.23 bits per heavy atom. The summed E-state index contributed by atoms with van der Waals surface area (Å²) in [6.07, 6.45) is 0. The number of fused-ring (bicyclic) bond motifs is 1. The average Bonchev–Trinajstić information content (AvgIpc) is 2.57. The van der Waals surface area contributed by atoms with Crippen LogP contribution in [0.2, 0.25) is 0 Å². The molecule has 0 saturated heterocycles. The van der Waals surface area contributed by atoms with E-state index in [1.807, 2.05) is 24.3 Å². The molecule has 0 radical (unpaired) electrons. The summed E-state index contributed by atoms with van der Waals surface area (Å²) in [6.45, 7) is 2.11. The van der Waals surface area contributed by atoms with Gasteiger partial charge in [-0.05, 0) is 12.1 Å². The lowest BCUT2D eigenvalue weighted by Crippen LogP contribution is -1.66. The third-order valence-corrected chi connectivity index (χ3v) is 3.68. The summed E-state index contributed by atoms with van der Waals surface area (Å²) in [4.78, 5) is 4.33. The molecule has 1 aromatic heterocycles. The smallest absolute Gasteiger partial charge is 0.267 e. The molecule has 2 aromatic rings. The molecule has 0 N–H and O–H groups in total. The SMILES string of the molecule is CCSSc1nc2ccccc2o1. The molecule has 2 nitrogen and oxygen atoms in total. The van der Waals surface area contributed by atoms with E-state index in [-0.39, 0.29) is 0 Å². The fourth-order valence-corrected chi connectivity index (χ4v) is 2.34. The third kappa shape index (κ3) is 2.00. The Hall–Kier alpha value is -0.610. The van der Waals surface area contributed by atoms with Crippen LogP contribution in [-0.2, 0) is 0 Å². The number of benzene rings is 1. The van der Waals surface area contributed by atoms with Crippen molar-refractivity contribution in [2.75, 3.05) is 5.75 Å². The van der Waals surface area contributed by atoms with Crippen molar-refractivity contribution in [1.82, 2.24) is 4.98 Å². The molecule has 0 saturated carbocycles. The van der Waals surface area contributed by atoms with Gasteiger partial charge in [-0.1, -0.05) is 29.9 Å². The number of hydrogen-bond donors (Lipinski definition) is 0. The van der Waals surface area contributed by atoms with E-state index in [1.165, 1.54) is 0 Å². The van der Waals surface area contributed by atoms with Gasteiger partial charge in [-0.15, -0.1) is 0 Å². The Morgan fingerprint density at radius 1 is 1.38 bits per heavy atom. The second-order valence-electron chi connectivity index (χ2n) is 2.44. The number of para-hydroxylation sites is 2. The molecule has 0 fully saturated rings. The molecular weight excluding hydrogens is 202 g/mol. The quantitative estimate of drug-likeness (QED) is 0.725. The van der Waals surface area contributed by atoms with E-state index in [0.29, 0.717) is 0 Å². The molecule has 0 spiro atoms. The zero-order valence-corrected chi connectivity index (χ0v) is 8.82. The van der Waals surface area contributed by atoms with Crippen LogP contribution in [0.25, 0.3) is 11.1 Å². The monoisotopic (exact) mass is 211 g/mol. The van der Waals surface area contributed by atoms with Gasteiger partial charge >= 0.3 is 0 Å². The number of hydrogen-bond acceptors (Lipinski definition) is 4. The molecule has 0 aliphatic heterocycles. The van der Waals surface area contributed by atoms with Gasteiger partial charge in [-0.2, -0.15) is 0 Å². The lowest BCUT2D eigenvalue weighted by Gasteiger charge is -1.88. The van der Waals surface area contributed by atoms with E-state index in [9.17, 15) is 0 Å². The normalized spacial score (nSPS) is 10.8. The summed E-state index contributed by atoms with van der Waals surface area (Å²) in [7, 11) is 3.32. The first kappa shape index (κ1) is 8.97. The Balaban J connectivity index is 2.28. The molecule has 13 heavy (non-hydrogen) atoms. The predicted molar refractivity (Wildman–Crippen MR) is 58.0 cm³/mol. The van der Waals surface area contributed by atoms with E-state index in [4.69, 9.17) is 4.42 Å². The van der Waals surface area contributed by atoms with Crippen LogP contribution in [0.3, 0.4) is 0 Å². The zero-order valence-electron chi connectivity index (χ0n) is 7.19. The largest absolute Gasteiger partial charge is 0.431 e. The molecule has 1 heterocycles. The summed E-state index contributed by atoms with van der Waals surface area (Å²) in [5.41, 5.74) is 1.79. The first-order valence-electron chi connectivity index (χ1n) is 4.05. The van der Waals surface area contributed by atoms with Crippen LogP contribution in [0.5, 0.6) is 0 Å². The number of rotatable bonds is 3. The van der Waals surface area contributed by atoms with E-state index in [1.54, 1.807) is 21.6 Å². The van der Waals surface area contributed by atoms with Crippen molar-refractivity contribution in [2.45, 2.75) is 12.1 Å². The van der Waals surface area contributed by atoms with Crippen molar-refractivity contribution in [1.29, 1.82) is 0 Å². The Kier molecular flexibility index (Phi) is 2.80. The van der Waals surface area contributed by atoms with Gasteiger partial charge in [0.05, 0.1) is 0 Å². The van der Waals surface area contributed by atoms with Gasteiger partial charge in [0.25, 0.3) is 5.22 Å². The highest BCUT2D eigenvalue weighted by Crippen LogP contribution is 2.31. The van der Waals surface area contributed by atoms with Crippen molar-refractivity contribution < 1.29 is 4.42 Å². The molecule has 0 aliphatic carbocycles. The van der Waals surface area contributed by atoms with Crippen LogP contribution in [0.15, 0.2) is 33.9 Å². The van der Waals surface area contributed by atoms with Crippen LogP contribution in [0, 0.1) is 0 Å². The molecule has 1 aromatic carbocycles. The van der Waals surface area contributed by atoms with Gasteiger partial charge in [0, 0.05) is 16.5 Å². The van der Waals surface area contributed by atoms with Crippen molar-refractivity contribution in [3.8, 4) is 0 Å². The van der Waals surface area contributed by atoms with Crippen molar-refractivity contribution in [3.63, 3.8) is 0 Å². The highest BCUT2D eigenvalue weighted by Gasteiger charge is 2.04. The van der Waals surface area contributed by atoms with Crippen molar-refractivity contribution in [3.05, 3.63) is 24.3 Å². The molecule has 2 rings (SSSR count). The first-order chi connectivity index (χ1) is 6.40. The second kappa shape index (κ2) is 4.07.